The quantitative estimate of drug-likeness (QED) is 0.0926. The number of hydrogen-bond acceptors (Lipinski definition) is 2. The van der Waals surface area contributed by atoms with Crippen molar-refractivity contribution in [1.82, 2.24) is 4.90 Å². The number of hydrogen-bond donors (Lipinski definition) is 0. The molecule has 1 unspecified atom stereocenters. The average molecular weight is 556 g/mol. The van der Waals surface area contributed by atoms with E-state index in [-0.39, 0.29) is 24.0 Å². The van der Waals surface area contributed by atoms with E-state index in [1.807, 2.05) is 13.8 Å². The van der Waals surface area contributed by atoms with Crippen molar-refractivity contribution in [2.75, 3.05) is 0 Å². The van der Waals surface area contributed by atoms with Crippen LogP contribution in [0.25, 0.3) is 0 Å². The van der Waals surface area contributed by atoms with Crippen molar-refractivity contribution in [2.24, 2.45) is 0 Å². The van der Waals surface area contributed by atoms with E-state index < -0.39 is 36.6 Å². The van der Waals surface area contributed by atoms with Crippen molar-refractivity contribution in [3.05, 3.63) is 36.0 Å². The number of carbonyl (C=O) groups excluding carboxylic acids is 2. The zero-order valence-electron chi connectivity index (χ0n) is 23.7. The molecule has 0 saturated heterocycles. The summed E-state index contributed by atoms with van der Waals surface area (Å²) in [6, 6.07) is -2.06. The van der Waals surface area contributed by atoms with Crippen LogP contribution >= 0.6 is 0 Å². The number of imide groups is 1. The zero-order valence-corrected chi connectivity index (χ0v) is 23.7. The van der Waals surface area contributed by atoms with Gasteiger partial charge in [0.15, 0.2) is 0 Å². The van der Waals surface area contributed by atoms with Crippen LogP contribution in [0.2, 0.25) is 0 Å². The summed E-state index contributed by atoms with van der Waals surface area (Å²) in [6.45, 7) is 13.4. The Bertz CT molecular complexity index is 738. The van der Waals surface area contributed by atoms with Gasteiger partial charge in [0.05, 0.1) is 0 Å². The largest absolute Gasteiger partial charge is 0.409 e. The third-order valence-electron chi connectivity index (χ3n) is 5.59. The van der Waals surface area contributed by atoms with Crippen LogP contribution in [0, 0.1) is 0 Å². The first-order valence-corrected chi connectivity index (χ1v) is 13.8. The number of carbonyl (C=O) groups is 2. The topological polar surface area (TPSA) is 37.4 Å². The smallest absolute Gasteiger partial charge is 0.269 e. The molecule has 0 radical (unpaired) electrons. The summed E-state index contributed by atoms with van der Waals surface area (Å²) in [5, 5.41) is 0. The fraction of sp³-hybridized carbons (Fsp3) is 0.724. The Hall–Kier alpha value is -2.06. The van der Waals surface area contributed by atoms with Gasteiger partial charge in [0.25, 0.3) is 11.8 Å². The van der Waals surface area contributed by atoms with E-state index in [0.717, 1.165) is 32.1 Å². The van der Waals surface area contributed by atoms with Crippen LogP contribution in [0.15, 0.2) is 36.0 Å². The molecule has 1 aliphatic rings. The molecule has 0 spiro atoms. The van der Waals surface area contributed by atoms with Crippen molar-refractivity contribution < 1.29 is 35.9 Å². The summed E-state index contributed by atoms with van der Waals surface area (Å²) >= 11 is 0. The highest BCUT2D eigenvalue weighted by molar-refractivity contribution is 6.20. The number of unbranched alkanes of at least 4 members (excludes halogenated alkanes) is 7. The fourth-order valence-corrected chi connectivity index (χ4v) is 3.71. The normalized spacial score (nSPS) is 14.9. The SMILES string of the molecule is C=C/C=C\C1=C(CC)C(=O)N(C(CCCCCC)C(F)(F)F)C1=O.CCC.CCCCCCCC(F)(F)F. The molecule has 1 aliphatic heterocycles. The van der Waals surface area contributed by atoms with Crippen molar-refractivity contribution in [3.63, 3.8) is 0 Å². The van der Waals surface area contributed by atoms with Crippen molar-refractivity contribution in [2.45, 2.75) is 136 Å². The van der Waals surface area contributed by atoms with E-state index in [2.05, 4.69) is 20.4 Å². The summed E-state index contributed by atoms with van der Waals surface area (Å²) in [5.41, 5.74) is 0.158. The van der Waals surface area contributed by atoms with Crippen molar-refractivity contribution >= 4 is 11.8 Å². The van der Waals surface area contributed by atoms with Gasteiger partial charge in [-0.05, 0) is 25.3 Å². The molecule has 0 N–H and O–H groups in total. The Morgan fingerprint density at radius 3 is 1.71 bits per heavy atom. The second-order valence-corrected chi connectivity index (χ2v) is 9.21. The molecule has 9 heteroatoms. The van der Waals surface area contributed by atoms with E-state index in [1.165, 1.54) is 24.6 Å². The molecule has 3 nitrogen and oxygen atoms in total. The van der Waals surface area contributed by atoms with Crippen LogP contribution in [-0.2, 0) is 9.59 Å². The lowest BCUT2D eigenvalue weighted by molar-refractivity contribution is -0.191. The molecule has 2 amide bonds. The Labute approximate surface area is 225 Å². The minimum Gasteiger partial charge on any atom is -0.269 e. The number of halogens is 6. The molecule has 38 heavy (non-hydrogen) atoms. The van der Waals surface area contributed by atoms with Gasteiger partial charge in [-0.25, -0.2) is 0 Å². The maximum atomic E-state index is 13.4. The van der Waals surface area contributed by atoms with Crippen LogP contribution in [0.4, 0.5) is 26.3 Å². The van der Waals surface area contributed by atoms with E-state index in [9.17, 15) is 35.9 Å². The maximum Gasteiger partial charge on any atom is 0.409 e. The number of nitrogens with zero attached hydrogens (tertiary/aromatic N) is 1. The predicted octanol–water partition coefficient (Wildman–Crippen LogP) is 10.0. The van der Waals surface area contributed by atoms with Crippen LogP contribution in [0.5, 0.6) is 0 Å². The first kappa shape index (κ1) is 38.1. The number of rotatable bonds is 14. The third kappa shape index (κ3) is 16.0. The molecule has 0 bridgehead atoms. The molecular weight excluding hydrogens is 508 g/mol. The summed E-state index contributed by atoms with van der Waals surface area (Å²) in [4.78, 5) is 25.2. The van der Waals surface area contributed by atoms with E-state index >= 15 is 0 Å². The Balaban J connectivity index is 0. The molecule has 0 aliphatic carbocycles. The highest BCUT2D eigenvalue weighted by atomic mass is 19.4. The molecule has 1 atom stereocenters. The molecule has 0 aromatic heterocycles. The molecule has 1 heterocycles. The molecular formula is C29H47F6NO2. The van der Waals surface area contributed by atoms with Gasteiger partial charge in [-0.15, -0.1) is 0 Å². The molecule has 1 rings (SSSR count). The highest BCUT2D eigenvalue weighted by Gasteiger charge is 2.51. The third-order valence-corrected chi connectivity index (χ3v) is 5.59. The van der Waals surface area contributed by atoms with Gasteiger partial charge < -0.3 is 0 Å². The van der Waals surface area contributed by atoms with Gasteiger partial charge in [0.1, 0.15) is 6.04 Å². The zero-order chi connectivity index (χ0) is 29.8. The minimum atomic E-state index is -4.63. The highest BCUT2D eigenvalue weighted by Crippen LogP contribution is 2.35. The van der Waals surface area contributed by atoms with Gasteiger partial charge in [0, 0.05) is 17.6 Å². The van der Waals surface area contributed by atoms with Gasteiger partial charge in [-0.3, -0.25) is 14.5 Å². The van der Waals surface area contributed by atoms with E-state index in [4.69, 9.17) is 0 Å². The second-order valence-electron chi connectivity index (χ2n) is 9.21. The van der Waals surface area contributed by atoms with Gasteiger partial charge in [-0.2, -0.15) is 26.3 Å². The Kier molecular flexibility index (Phi) is 20.9. The molecule has 0 aromatic carbocycles. The minimum absolute atomic E-state index is 0.0326. The van der Waals surface area contributed by atoms with Gasteiger partial charge in [-0.1, -0.05) is 111 Å². The van der Waals surface area contributed by atoms with Crippen molar-refractivity contribution in [1.29, 1.82) is 0 Å². The Morgan fingerprint density at radius 2 is 1.29 bits per heavy atom. The van der Waals surface area contributed by atoms with E-state index in [0.29, 0.717) is 30.6 Å². The first-order valence-electron chi connectivity index (χ1n) is 13.8. The number of allylic oxidation sites excluding steroid dienone is 2. The summed E-state index contributed by atoms with van der Waals surface area (Å²) in [5.74, 6) is -1.70. The van der Waals surface area contributed by atoms with Crippen LogP contribution < -0.4 is 0 Å². The van der Waals surface area contributed by atoms with Crippen molar-refractivity contribution in [3.8, 4) is 0 Å². The second kappa shape index (κ2) is 20.8. The van der Waals surface area contributed by atoms with Crippen LogP contribution in [0.1, 0.15) is 118 Å². The number of alkyl halides is 6. The summed E-state index contributed by atoms with van der Waals surface area (Å²) in [7, 11) is 0. The van der Waals surface area contributed by atoms with E-state index in [1.54, 1.807) is 6.92 Å². The fourth-order valence-electron chi connectivity index (χ4n) is 3.71. The van der Waals surface area contributed by atoms with Gasteiger partial charge >= 0.3 is 12.4 Å². The molecule has 0 aromatic rings. The standard InChI is InChI=1S/C18H24F3NO2.C8H15F3.C3H8/c1-4-7-9-10-12-15(18(19,20)21)22-16(23)13(6-3)14(17(22)24)11-8-5-2;1-2-3-4-5-6-7-8(9,10)11;1-3-2/h5,8,11,15H,2,4,6-7,9-10,12H2,1,3H3;2-7H2,1H3;3H2,1-2H3/b11-8-;;. The molecule has 222 valence electrons. The summed E-state index contributed by atoms with van der Waals surface area (Å²) < 4.78 is 75.0. The average Bonchev–Trinajstić information content (AvgIpc) is 3.05. The molecule has 0 saturated carbocycles. The summed E-state index contributed by atoms with van der Waals surface area (Å²) in [6.07, 6.45) is 3.01. The first-order chi connectivity index (χ1) is 17.8. The Morgan fingerprint density at radius 1 is 0.789 bits per heavy atom. The lowest BCUT2D eigenvalue weighted by Crippen LogP contribution is -2.49. The lowest BCUT2D eigenvalue weighted by Gasteiger charge is -2.28. The number of amides is 2. The van der Waals surface area contributed by atoms with Crippen LogP contribution in [0.3, 0.4) is 0 Å². The predicted molar refractivity (Wildman–Crippen MR) is 143 cm³/mol. The van der Waals surface area contributed by atoms with Gasteiger partial charge in [0.2, 0.25) is 0 Å². The van der Waals surface area contributed by atoms with Crippen LogP contribution in [-0.4, -0.2) is 35.1 Å². The monoisotopic (exact) mass is 555 g/mol. The molecule has 0 fully saturated rings. The lowest BCUT2D eigenvalue weighted by atomic mass is 10.1. The maximum absolute atomic E-state index is 13.4.